The molecule has 3 nitrogen and oxygen atoms in total. The van der Waals surface area contributed by atoms with Crippen molar-refractivity contribution in [2.45, 2.75) is 0 Å². The second-order valence-corrected chi connectivity index (χ2v) is 8.12. The van der Waals surface area contributed by atoms with Gasteiger partial charge in [-0.2, -0.15) is 0 Å². The normalized spacial score (nSPS) is 11.8. The van der Waals surface area contributed by atoms with Crippen LogP contribution >= 0.6 is 23.2 Å². The van der Waals surface area contributed by atoms with E-state index >= 15 is 0 Å². The SMILES string of the molecule is Clc1ccccc1C=Nc1ccc2cc3ccc(N=Cc4ccccc4Cl)cc3nc2c1. The molecule has 0 amide bonds. The Morgan fingerprint density at radius 3 is 1.50 bits per heavy atom. The molecule has 5 heteroatoms. The van der Waals surface area contributed by atoms with Gasteiger partial charge in [-0.3, -0.25) is 9.98 Å². The molecular weight excluding hydrogens is 437 g/mol. The van der Waals surface area contributed by atoms with E-state index < -0.39 is 0 Å². The molecule has 0 radical (unpaired) electrons. The first kappa shape index (κ1) is 20.4. The van der Waals surface area contributed by atoms with Crippen LogP contribution in [0.15, 0.2) is 101 Å². The van der Waals surface area contributed by atoms with E-state index in [1.165, 1.54) is 0 Å². The molecule has 0 aliphatic heterocycles. The maximum Gasteiger partial charge on any atom is 0.0731 e. The van der Waals surface area contributed by atoms with Gasteiger partial charge < -0.3 is 0 Å². The standard InChI is InChI=1S/C27H17Cl2N3/c28-24-7-3-1-5-20(24)16-30-22-11-9-18-13-19-10-12-23(15-27(19)32-26(18)14-22)31-17-21-6-2-4-8-25(21)29/h1-17H. The number of halogens is 2. The van der Waals surface area contributed by atoms with Crippen LogP contribution < -0.4 is 0 Å². The van der Waals surface area contributed by atoms with Gasteiger partial charge in [0.25, 0.3) is 0 Å². The monoisotopic (exact) mass is 453 g/mol. The summed E-state index contributed by atoms with van der Waals surface area (Å²) in [7, 11) is 0. The molecule has 1 aromatic heterocycles. The van der Waals surface area contributed by atoms with Crippen LogP contribution in [0, 0.1) is 0 Å². The van der Waals surface area contributed by atoms with Gasteiger partial charge in [-0.1, -0.05) is 71.7 Å². The third-order valence-corrected chi connectivity index (χ3v) is 5.78. The highest BCUT2D eigenvalue weighted by molar-refractivity contribution is 6.33. The molecule has 0 bridgehead atoms. The van der Waals surface area contributed by atoms with Crippen molar-refractivity contribution in [2.24, 2.45) is 9.98 Å². The number of nitrogens with zero attached hydrogens (tertiary/aromatic N) is 3. The molecule has 0 saturated carbocycles. The molecule has 0 unspecified atom stereocenters. The van der Waals surface area contributed by atoms with Gasteiger partial charge in [-0.25, -0.2) is 4.98 Å². The lowest BCUT2D eigenvalue weighted by atomic mass is 10.1. The topological polar surface area (TPSA) is 37.6 Å². The Hall–Kier alpha value is -3.53. The van der Waals surface area contributed by atoms with Gasteiger partial charge in [0.1, 0.15) is 0 Å². The average Bonchev–Trinajstić information content (AvgIpc) is 2.81. The zero-order valence-corrected chi connectivity index (χ0v) is 18.4. The van der Waals surface area contributed by atoms with E-state index in [2.05, 4.69) is 16.1 Å². The molecule has 5 rings (SSSR count). The highest BCUT2D eigenvalue weighted by Crippen LogP contribution is 2.27. The number of hydrogen-bond acceptors (Lipinski definition) is 3. The summed E-state index contributed by atoms with van der Waals surface area (Å²) in [5.74, 6) is 0. The molecule has 0 aliphatic carbocycles. The van der Waals surface area contributed by atoms with Crippen molar-refractivity contribution in [2.75, 3.05) is 0 Å². The third kappa shape index (κ3) is 4.40. The van der Waals surface area contributed by atoms with Crippen LogP contribution in [0.1, 0.15) is 11.1 Å². The van der Waals surface area contributed by atoms with Gasteiger partial charge in [0.15, 0.2) is 0 Å². The van der Waals surface area contributed by atoms with E-state index in [0.717, 1.165) is 44.3 Å². The highest BCUT2D eigenvalue weighted by atomic mass is 35.5. The molecule has 0 aliphatic rings. The Kier molecular flexibility index (Phi) is 5.68. The summed E-state index contributed by atoms with van der Waals surface area (Å²) in [6.07, 6.45) is 3.54. The van der Waals surface area contributed by atoms with Gasteiger partial charge >= 0.3 is 0 Å². The maximum atomic E-state index is 6.22. The third-order valence-electron chi connectivity index (χ3n) is 5.10. The number of benzene rings is 4. The number of aliphatic imine (C=N–C) groups is 2. The maximum absolute atomic E-state index is 6.22. The smallest absolute Gasteiger partial charge is 0.0731 e. The van der Waals surface area contributed by atoms with Crippen LogP contribution in [0.25, 0.3) is 21.8 Å². The zero-order valence-electron chi connectivity index (χ0n) is 16.9. The average molecular weight is 454 g/mol. The van der Waals surface area contributed by atoms with Crippen molar-refractivity contribution in [1.82, 2.24) is 4.98 Å². The fourth-order valence-electron chi connectivity index (χ4n) is 3.41. The van der Waals surface area contributed by atoms with Crippen LogP contribution in [0.5, 0.6) is 0 Å². The number of hydrogen-bond donors (Lipinski definition) is 0. The summed E-state index contributed by atoms with van der Waals surface area (Å²) in [6, 6.07) is 29.3. The van der Waals surface area contributed by atoms with E-state index in [0.29, 0.717) is 10.0 Å². The van der Waals surface area contributed by atoms with E-state index in [4.69, 9.17) is 28.2 Å². The lowest BCUT2D eigenvalue weighted by molar-refractivity contribution is 1.46. The van der Waals surface area contributed by atoms with Crippen molar-refractivity contribution in [3.8, 4) is 0 Å². The summed E-state index contributed by atoms with van der Waals surface area (Å²) in [6.45, 7) is 0. The molecule has 32 heavy (non-hydrogen) atoms. The summed E-state index contributed by atoms with van der Waals surface area (Å²) in [5.41, 5.74) is 5.13. The molecule has 0 saturated heterocycles. The van der Waals surface area contributed by atoms with Crippen molar-refractivity contribution in [3.63, 3.8) is 0 Å². The number of pyridine rings is 1. The first-order valence-electron chi connectivity index (χ1n) is 10.1. The zero-order chi connectivity index (χ0) is 21.9. The van der Waals surface area contributed by atoms with Crippen LogP contribution in [0.3, 0.4) is 0 Å². The van der Waals surface area contributed by atoms with Gasteiger partial charge in [0.2, 0.25) is 0 Å². The summed E-state index contributed by atoms with van der Waals surface area (Å²) < 4.78 is 0. The van der Waals surface area contributed by atoms with Crippen molar-refractivity contribution in [1.29, 1.82) is 0 Å². The lowest BCUT2D eigenvalue weighted by Gasteiger charge is -2.04. The molecule has 0 N–H and O–H groups in total. The van der Waals surface area contributed by atoms with Crippen LogP contribution in [0.2, 0.25) is 10.0 Å². The predicted octanol–water partition coefficient (Wildman–Crippen LogP) is 8.20. The molecule has 0 atom stereocenters. The molecule has 154 valence electrons. The number of aromatic nitrogens is 1. The summed E-state index contributed by atoms with van der Waals surface area (Å²) >= 11 is 12.4. The van der Waals surface area contributed by atoms with Gasteiger partial charge in [0.05, 0.1) is 22.4 Å². The first-order chi connectivity index (χ1) is 15.7. The Labute approximate surface area is 195 Å². The van der Waals surface area contributed by atoms with Crippen LogP contribution in [0.4, 0.5) is 11.4 Å². The summed E-state index contributed by atoms with van der Waals surface area (Å²) in [4.78, 5) is 14.0. The lowest BCUT2D eigenvalue weighted by Crippen LogP contribution is -1.84. The van der Waals surface area contributed by atoms with Gasteiger partial charge in [-0.05, 0) is 42.5 Å². The summed E-state index contributed by atoms with van der Waals surface area (Å²) in [5, 5.41) is 3.46. The highest BCUT2D eigenvalue weighted by Gasteiger charge is 2.03. The second kappa shape index (κ2) is 8.91. The quantitative estimate of drug-likeness (QED) is 0.199. The van der Waals surface area contributed by atoms with Crippen molar-refractivity contribution in [3.05, 3.63) is 112 Å². The number of rotatable bonds is 4. The van der Waals surface area contributed by atoms with E-state index in [9.17, 15) is 0 Å². The van der Waals surface area contributed by atoms with Crippen LogP contribution in [-0.2, 0) is 0 Å². The van der Waals surface area contributed by atoms with Crippen molar-refractivity contribution >= 4 is 68.8 Å². The second-order valence-electron chi connectivity index (χ2n) is 7.30. The van der Waals surface area contributed by atoms with E-state index in [-0.39, 0.29) is 0 Å². The van der Waals surface area contributed by atoms with E-state index in [1.54, 1.807) is 12.4 Å². The minimum atomic E-state index is 0.672. The molecule has 0 fully saturated rings. The predicted molar refractivity (Wildman–Crippen MR) is 137 cm³/mol. The Morgan fingerprint density at radius 2 is 1.03 bits per heavy atom. The molecule has 5 aromatic rings. The van der Waals surface area contributed by atoms with Crippen molar-refractivity contribution < 1.29 is 0 Å². The Morgan fingerprint density at radius 1 is 0.562 bits per heavy atom. The van der Waals surface area contributed by atoms with Crippen LogP contribution in [-0.4, -0.2) is 17.4 Å². The molecular formula is C27H17Cl2N3. The van der Waals surface area contributed by atoms with E-state index in [1.807, 2.05) is 84.9 Å². The Bertz CT molecular complexity index is 1400. The minimum absolute atomic E-state index is 0.672. The molecule has 1 heterocycles. The fourth-order valence-corrected chi connectivity index (χ4v) is 3.78. The minimum Gasteiger partial charge on any atom is -0.256 e. The Balaban J connectivity index is 1.48. The van der Waals surface area contributed by atoms with Gasteiger partial charge in [0, 0.05) is 44.4 Å². The molecule has 4 aromatic carbocycles. The first-order valence-corrected chi connectivity index (χ1v) is 10.8. The fraction of sp³-hybridized carbons (Fsp3) is 0. The molecule has 0 spiro atoms. The van der Waals surface area contributed by atoms with Gasteiger partial charge in [-0.15, -0.1) is 0 Å². The number of fused-ring (bicyclic) bond motifs is 2. The largest absolute Gasteiger partial charge is 0.256 e.